The zero-order valence-corrected chi connectivity index (χ0v) is 11.6. The van der Waals surface area contributed by atoms with Crippen LogP contribution in [0.2, 0.25) is 0 Å². The van der Waals surface area contributed by atoms with E-state index in [0.29, 0.717) is 0 Å². The Morgan fingerprint density at radius 2 is 1.90 bits per heavy atom. The van der Waals surface area contributed by atoms with Gasteiger partial charge in [-0.2, -0.15) is 8.78 Å². The van der Waals surface area contributed by atoms with Gasteiger partial charge in [-0.3, -0.25) is 4.79 Å². The van der Waals surface area contributed by atoms with Crippen LogP contribution < -0.4 is 14.8 Å². The SMILES string of the molecule is COc1cc(C(=O)NC(C)(C)C(=O)O)ccc1OC(F)F. The van der Waals surface area contributed by atoms with Crippen LogP contribution in [0.25, 0.3) is 0 Å². The number of hydrogen-bond acceptors (Lipinski definition) is 4. The molecule has 1 rings (SSSR count). The molecule has 0 atom stereocenters. The van der Waals surface area contributed by atoms with Crippen molar-refractivity contribution in [2.75, 3.05) is 7.11 Å². The highest BCUT2D eigenvalue weighted by Crippen LogP contribution is 2.29. The van der Waals surface area contributed by atoms with Crippen LogP contribution >= 0.6 is 0 Å². The van der Waals surface area contributed by atoms with E-state index in [4.69, 9.17) is 9.84 Å². The Morgan fingerprint density at radius 1 is 1.29 bits per heavy atom. The summed E-state index contributed by atoms with van der Waals surface area (Å²) in [4.78, 5) is 22.9. The molecule has 0 radical (unpaired) electrons. The van der Waals surface area contributed by atoms with Crippen LogP contribution in [-0.4, -0.2) is 36.2 Å². The average molecular weight is 303 g/mol. The van der Waals surface area contributed by atoms with Gasteiger partial charge in [0.15, 0.2) is 11.5 Å². The summed E-state index contributed by atoms with van der Waals surface area (Å²) >= 11 is 0. The Morgan fingerprint density at radius 3 is 2.38 bits per heavy atom. The minimum atomic E-state index is -3.02. The highest BCUT2D eigenvalue weighted by Gasteiger charge is 2.29. The molecule has 0 bridgehead atoms. The van der Waals surface area contributed by atoms with Gasteiger partial charge in [-0.05, 0) is 32.0 Å². The molecule has 1 aromatic rings. The molecular weight excluding hydrogens is 288 g/mol. The number of nitrogens with one attached hydrogen (secondary N) is 1. The number of halogens is 2. The average Bonchev–Trinajstić information content (AvgIpc) is 2.37. The molecule has 6 nitrogen and oxygen atoms in total. The third-order valence-electron chi connectivity index (χ3n) is 2.60. The number of hydrogen-bond donors (Lipinski definition) is 2. The van der Waals surface area contributed by atoms with Crippen molar-refractivity contribution < 1.29 is 33.0 Å². The van der Waals surface area contributed by atoms with E-state index in [-0.39, 0.29) is 17.1 Å². The predicted molar refractivity (Wildman–Crippen MR) is 68.8 cm³/mol. The molecule has 0 heterocycles. The van der Waals surface area contributed by atoms with Gasteiger partial charge < -0.3 is 19.9 Å². The van der Waals surface area contributed by atoms with Crippen molar-refractivity contribution in [1.82, 2.24) is 5.32 Å². The molecule has 0 aliphatic heterocycles. The topological polar surface area (TPSA) is 84.9 Å². The van der Waals surface area contributed by atoms with E-state index < -0.39 is 24.0 Å². The molecule has 0 saturated carbocycles. The molecule has 0 saturated heterocycles. The van der Waals surface area contributed by atoms with Crippen LogP contribution in [0.4, 0.5) is 8.78 Å². The van der Waals surface area contributed by atoms with E-state index in [1.54, 1.807) is 0 Å². The fraction of sp³-hybridized carbons (Fsp3) is 0.385. The predicted octanol–water partition coefficient (Wildman–Crippen LogP) is 1.89. The number of carbonyl (C=O) groups excluding carboxylic acids is 1. The number of ether oxygens (including phenoxy) is 2. The van der Waals surface area contributed by atoms with E-state index in [2.05, 4.69) is 10.1 Å². The standard InChI is InChI=1S/C13H15F2NO5/c1-13(2,11(18)19)16-10(17)7-4-5-8(21-12(14)15)9(6-7)20-3/h4-6,12H,1-3H3,(H,16,17)(H,18,19). The fourth-order valence-electron chi connectivity index (χ4n) is 1.41. The van der Waals surface area contributed by atoms with Gasteiger partial charge in [0.2, 0.25) is 0 Å². The monoisotopic (exact) mass is 303 g/mol. The number of methoxy groups -OCH3 is 1. The third kappa shape index (κ3) is 4.30. The van der Waals surface area contributed by atoms with Gasteiger partial charge >= 0.3 is 12.6 Å². The van der Waals surface area contributed by atoms with Crippen molar-refractivity contribution in [2.24, 2.45) is 0 Å². The quantitative estimate of drug-likeness (QED) is 0.838. The highest BCUT2D eigenvalue weighted by atomic mass is 19.3. The Bertz CT molecular complexity index is 545. The summed E-state index contributed by atoms with van der Waals surface area (Å²) in [6.07, 6.45) is 0. The molecule has 0 spiro atoms. The number of carbonyl (C=O) groups is 2. The maximum absolute atomic E-state index is 12.2. The largest absolute Gasteiger partial charge is 0.493 e. The van der Waals surface area contributed by atoms with Crippen LogP contribution in [0, 0.1) is 0 Å². The van der Waals surface area contributed by atoms with Gasteiger partial charge in [-0.25, -0.2) is 4.79 Å². The van der Waals surface area contributed by atoms with Crippen molar-refractivity contribution in [3.05, 3.63) is 23.8 Å². The summed E-state index contributed by atoms with van der Waals surface area (Å²) in [5, 5.41) is 11.2. The zero-order valence-electron chi connectivity index (χ0n) is 11.6. The second-order valence-electron chi connectivity index (χ2n) is 4.63. The summed E-state index contributed by atoms with van der Waals surface area (Å²) in [5.74, 6) is -2.16. The Kier molecular flexibility index (Phi) is 5.07. The number of aliphatic carboxylic acids is 1. The van der Waals surface area contributed by atoms with Crippen LogP contribution in [0.3, 0.4) is 0 Å². The van der Waals surface area contributed by atoms with E-state index in [1.165, 1.54) is 33.1 Å². The molecule has 21 heavy (non-hydrogen) atoms. The van der Waals surface area contributed by atoms with Crippen LogP contribution in [0.5, 0.6) is 11.5 Å². The molecule has 0 unspecified atom stereocenters. The third-order valence-corrected chi connectivity index (χ3v) is 2.60. The van der Waals surface area contributed by atoms with Gasteiger partial charge in [0.25, 0.3) is 5.91 Å². The maximum atomic E-state index is 12.2. The van der Waals surface area contributed by atoms with Gasteiger partial charge in [-0.15, -0.1) is 0 Å². The number of carboxylic acids is 1. The number of alkyl halides is 2. The minimum Gasteiger partial charge on any atom is -0.493 e. The highest BCUT2D eigenvalue weighted by molar-refractivity contribution is 5.98. The molecule has 1 amide bonds. The van der Waals surface area contributed by atoms with Crippen molar-refractivity contribution in [2.45, 2.75) is 26.0 Å². The van der Waals surface area contributed by atoms with Crippen LogP contribution in [-0.2, 0) is 4.79 Å². The second kappa shape index (κ2) is 6.38. The lowest BCUT2D eigenvalue weighted by Crippen LogP contribution is -2.49. The number of rotatable bonds is 6. The summed E-state index contributed by atoms with van der Waals surface area (Å²) < 4.78 is 33.5. The maximum Gasteiger partial charge on any atom is 0.387 e. The lowest BCUT2D eigenvalue weighted by atomic mass is 10.1. The molecule has 0 aliphatic rings. The molecule has 0 aliphatic carbocycles. The number of benzene rings is 1. The van der Waals surface area contributed by atoms with Crippen molar-refractivity contribution in [3.63, 3.8) is 0 Å². The van der Waals surface area contributed by atoms with E-state index in [1.807, 2.05) is 0 Å². The molecule has 8 heteroatoms. The Balaban J connectivity index is 2.99. The van der Waals surface area contributed by atoms with E-state index in [0.717, 1.165) is 6.07 Å². The first kappa shape index (κ1) is 16.7. The van der Waals surface area contributed by atoms with Gasteiger partial charge in [0.05, 0.1) is 7.11 Å². The summed E-state index contributed by atoms with van der Waals surface area (Å²) in [5.41, 5.74) is -1.41. The van der Waals surface area contributed by atoms with Crippen LogP contribution in [0.1, 0.15) is 24.2 Å². The van der Waals surface area contributed by atoms with Gasteiger partial charge in [0, 0.05) is 5.56 Å². The van der Waals surface area contributed by atoms with Gasteiger partial charge in [-0.1, -0.05) is 0 Å². The molecular formula is C13H15F2NO5. The molecule has 0 fully saturated rings. The lowest BCUT2D eigenvalue weighted by molar-refractivity contribution is -0.143. The zero-order chi connectivity index (χ0) is 16.2. The number of carboxylic acid groups (broad SMARTS) is 1. The first-order valence-corrected chi connectivity index (χ1v) is 5.86. The first-order chi connectivity index (χ1) is 9.67. The lowest BCUT2D eigenvalue weighted by Gasteiger charge is -2.21. The fourth-order valence-corrected chi connectivity index (χ4v) is 1.41. The van der Waals surface area contributed by atoms with Crippen molar-refractivity contribution in [1.29, 1.82) is 0 Å². The smallest absolute Gasteiger partial charge is 0.387 e. The van der Waals surface area contributed by atoms with Gasteiger partial charge in [0.1, 0.15) is 5.54 Å². The molecule has 2 N–H and O–H groups in total. The summed E-state index contributed by atoms with van der Waals surface area (Å²) in [6.45, 7) is -0.387. The normalized spacial score (nSPS) is 11.1. The second-order valence-corrected chi connectivity index (χ2v) is 4.63. The Labute approximate surface area is 119 Å². The summed E-state index contributed by atoms with van der Waals surface area (Å²) in [6, 6.07) is 3.56. The summed E-state index contributed by atoms with van der Waals surface area (Å²) in [7, 11) is 1.23. The molecule has 116 valence electrons. The Hall–Kier alpha value is -2.38. The molecule has 0 aromatic heterocycles. The van der Waals surface area contributed by atoms with Crippen molar-refractivity contribution >= 4 is 11.9 Å². The van der Waals surface area contributed by atoms with E-state index in [9.17, 15) is 18.4 Å². The van der Waals surface area contributed by atoms with Crippen LogP contribution in [0.15, 0.2) is 18.2 Å². The molecule has 1 aromatic carbocycles. The first-order valence-electron chi connectivity index (χ1n) is 5.86. The van der Waals surface area contributed by atoms with Crippen molar-refractivity contribution in [3.8, 4) is 11.5 Å². The number of amides is 1. The minimum absolute atomic E-state index is 0.0581. The van der Waals surface area contributed by atoms with E-state index >= 15 is 0 Å².